The molecule has 2 heterocycles. The molecule has 0 saturated carbocycles. The number of hydrogen-bond donors (Lipinski definition) is 2. The molecule has 106 valence electrons. The number of nitrogens with zero attached hydrogens (tertiary/aromatic N) is 3. The van der Waals surface area contributed by atoms with Crippen molar-refractivity contribution in [3.8, 4) is 0 Å². The lowest BCUT2D eigenvalue weighted by atomic mass is 10.1. The molecule has 0 fully saturated rings. The Morgan fingerprint density at radius 1 is 1.30 bits per heavy atom. The van der Waals surface area contributed by atoms with Crippen molar-refractivity contribution >= 4 is 11.7 Å². The van der Waals surface area contributed by atoms with Gasteiger partial charge in [-0.25, -0.2) is 4.79 Å². The van der Waals surface area contributed by atoms with E-state index in [1.165, 1.54) is 0 Å². The average Bonchev–Trinajstić information content (AvgIpc) is 2.71. The molecule has 0 bridgehead atoms. The van der Waals surface area contributed by atoms with Crippen LogP contribution >= 0.6 is 0 Å². The number of anilines is 1. The lowest BCUT2D eigenvalue weighted by molar-refractivity contribution is 0.249. The summed E-state index contributed by atoms with van der Waals surface area (Å²) in [6, 6.07) is 3.52. The van der Waals surface area contributed by atoms with Crippen molar-refractivity contribution < 1.29 is 4.79 Å². The van der Waals surface area contributed by atoms with Crippen LogP contribution in [-0.4, -0.2) is 20.8 Å². The number of carbonyl (C=O) groups is 1. The van der Waals surface area contributed by atoms with Gasteiger partial charge in [-0.3, -0.25) is 9.67 Å². The van der Waals surface area contributed by atoms with Gasteiger partial charge in [-0.15, -0.1) is 0 Å². The van der Waals surface area contributed by atoms with Gasteiger partial charge in [-0.2, -0.15) is 5.10 Å². The van der Waals surface area contributed by atoms with E-state index in [2.05, 4.69) is 20.7 Å². The molecule has 6 heteroatoms. The number of aromatic nitrogens is 3. The summed E-state index contributed by atoms with van der Waals surface area (Å²) in [6.07, 6.45) is 3.41. The molecule has 0 saturated heterocycles. The van der Waals surface area contributed by atoms with E-state index in [1.54, 1.807) is 17.1 Å². The monoisotopic (exact) mass is 273 g/mol. The summed E-state index contributed by atoms with van der Waals surface area (Å²) in [5, 5.41) is 9.74. The summed E-state index contributed by atoms with van der Waals surface area (Å²) in [6.45, 7) is 5.75. The molecule has 0 spiro atoms. The highest BCUT2D eigenvalue weighted by Gasteiger charge is 2.12. The van der Waals surface area contributed by atoms with Crippen molar-refractivity contribution in [1.29, 1.82) is 0 Å². The summed E-state index contributed by atoms with van der Waals surface area (Å²) < 4.78 is 1.71. The summed E-state index contributed by atoms with van der Waals surface area (Å²) in [4.78, 5) is 16.2. The zero-order valence-corrected chi connectivity index (χ0v) is 12.1. The Kier molecular flexibility index (Phi) is 4.02. The Bertz CT molecular complexity index is 603. The lowest BCUT2D eigenvalue weighted by Gasteiger charge is -2.14. The molecule has 2 aromatic heterocycles. The predicted octanol–water partition coefficient (Wildman–Crippen LogP) is 2.31. The normalized spacial score (nSPS) is 12.0. The topological polar surface area (TPSA) is 71.8 Å². The fourth-order valence-electron chi connectivity index (χ4n) is 1.80. The third-order valence-electron chi connectivity index (χ3n) is 3.27. The fraction of sp³-hybridized carbons (Fsp3) is 0.357. The zero-order valence-electron chi connectivity index (χ0n) is 12.1. The summed E-state index contributed by atoms with van der Waals surface area (Å²) in [7, 11) is 1.83. The van der Waals surface area contributed by atoms with E-state index in [0.717, 1.165) is 17.0 Å². The maximum atomic E-state index is 11.9. The first-order valence-electron chi connectivity index (χ1n) is 6.46. The highest BCUT2D eigenvalue weighted by molar-refractivity contribution is 5.89. The Morgan fingerprint density at radius 3 is 2.60 bits per heavy atom. The smallest absolute Gasteiger partial charge is 0.319 e. The number of hydrogen-bond acceptors (Lipinski definition) is 3. The molecule has 1 atom stereocenters. The molecule has 0 unspecified atom stereocenters. The lowest BCUT2D eigenvalue weighted by Crippen LogP contribution is -2.31. The first-order valence-corrected chi connectivity index (χ1v) is 6.46. The first kappa shape index (κ1) is 14.0. The minimum atomic E-state index is -0.255. The minimum absolute atomic E-state index is 0.111. The van der Waals surface area contributed by atoms with Crippen LogP contribution in [0.5, 0.6) is 0 Å². The number of urea groups is 1. The van der Waals surface area contributed by atoms with Crippen LogP contribution in [0.4, 0.5) is 10.5 Å². The van der Waals surface area contributed by atoms with Crippen molar-refractivity contribution in [1.82, 2.24) is 20.1 Å². The standard InChI is InChI=1S/C14H19N5O/c1-9-5-6-12(7-15-9)10(2)17-14(20)18-13-8-16-19(4)11(13)3/h5-8,10H,1-4H3,(H2,17,18,20)/t10-/m0/s1. The molecule has 20 heavy (non-hydrogen) atoms. The van der Waals surface area contributed by atoms with Gasteiger partial charge in [0.2, 0.25) is 0 Å². The highest BCUT2D eigenvalue weighted by Crippen LogP contribution is 2.14. The fourth-order valence-corrected chi connectivity index (χ4v) is 1.80. The molecule has 6 nitrogen and oxygen atoms in total. The van der Waals surface area contributed by atoms with Crippen molar-refractivity contribution in [2.24, 2.45) is 7.05 Å². The van der Waals surface area contributed by atoms with Crippen LogP contribution in [-0.2, 0) is 7.05 Å². The van der Waals surface area contributed by atoms with Crippen LogP contribution in [0.3, 0.4) is 0 Å². The third kappa shape index (κ3) is 3.14. The molecule has 0 radical (unpaired) electrons. The number of rotatable bonds is 3. The molecular weight excluding hydrogens is 254 g/mol. The van der Waals surface area contributed by atoms with E-state index in [9.17, 15) is 4.79 Å². The second-order valence-corrected chi connectivity index (χ2v) is 4.82. The molecule has 0 aliphatic heterocycles. The number of nitrogens with one attached hydrogen (secondary N) is 2. The number of pyridine rings is 1. The molecule has 2 rings (SSSR count). The second-order valence-electron chi connectivity index (χ2n) is 4.82. The van der Waals surface area contributed by atoms with Gasteiger partial charge < -0.3 is 10.6 Å². The van der Waals surface area contributed by atoms with Crippen molar-refractivity contribution in [3.63, 3.8) is 0 Å². The maximum absolute atomic E-state index is 11.9. The molecule has 0 aliphatic rings. The van der Waals surface area contributed by atoms with Gasteiger partial charge in [0, 0.05) is 18.9 Å². The Labute approximate surface area is 118 Å². The van der Waals surface area contributed by atoms with E-state index in [4.69, 9.17) is 0 Å². The van der Waals surface area contributed by atoms with E-state index in [0.29, 0.717) is 5.69 Å². The van der Waals surface area contributed by atoms with Crippen LogP contribution in [0.25, 0.3) is 0 Å². The van der Waals surface area contributed by atoms with Gasteiger partial charge in [0.1, 0.15) is 0 Å². The van der Waals surface area contributed by atoms with Crippen LogP contribution in [0, 0.1) is 13.8 Å². The van der Waals surface area contributed by atoms with Crippen LogP contribution < -0.4 is 10.6 Å². The van der Waals surface area contributed by atoms with Crippen LogP contribution in [0.1, 0.15) is 29.9 Å². The number of aryl methyl sites for hydroxylation is 2. The quantitative estimate of drug-likeness (QED) is 0.901. The van der Waals surface area contributed by atoms with Crippen molar-refractivity contribution in [2.45, 2.75) is 26.8 Å². The molecular formula is C14H19N5O. The maximum Gasteiger partial charge on any atom is 0.319 e. The van der Waals surface area contributed by atoms with Gasteiger partial charge >= 0.3 is 6.03 Å². The highest BCUT2D eigenvalue weighted by atomic mass is 16.2. The third-order valence-corrected chi connectivity index (χ3v) is 3.27. The van der Waals surface area contributed by atoms with E-state index < -0.39 is 0 Å². The summed E-state index contributed by atoms with van der Waals surface area (Å²) in [5.41, 5.74) is 3.54. The minimum Gasteiger partial charge on any atom is -0.331 e. The Hall–Kier alpha value is -2.37. The first-order chi connectivity index (χ1) is 9.47. The second kappa shape index (κ2) is 5.73. The van der Waals surface area contributed by atoms with E-state index in [1.807, 2.05) is 40.0 Å². The number of amides is 2. The molecule has 2 N–H and O–H groups in total. The number of carbonyl (C=O) groups excluding carboxylic acids is 1. The van der Waals surface area contributed by atoms with E-state index in [-0.39, 0.29) is 12.1 Å². The zero-order chi connectivity index (χ0) is 14.7. The van der Waals surface area contributed by atoms with Gasteiger partial charge in [0.05, 0.1) is 23.6 Å². The van der Waals surface area contributed by atoms with Crippen molar-refractivity contribution in [2.75, 3.05) is 5.32 Å². The predicted molar refractivity (Wildman–Crippen MR) is 77.5 cm³/mol. The van der Waals surface area contributed by atoms with Gasteiger partial charge in [0.15, 0.2) is 0 Å². The van der Waals surface area contributed by atoms with Gasteiger partial charge in [-0.05, 0) is 32.4 Å². The molecule has 0 aliphatic carbocycles. The van der Waals surface area contributed by atoms with Crippen molar-refractivity contribution in [3.05, 3.63) is 41.5 Å². The van der Waals surface area contributed by atoms with Gasteiger partial charge in [-0.1, -0.05) is 6.07 Å². The molecule has 0 aromatic carbocycles. The van der Waals surface area contributed by atoms with E-state index >= 15 is 0 Å². The van der Waals surface area contributed by atoms with Gasteiger partial charge in [0.25, 0.3) is 0 Å². The summed E-state index contributed by atoms with van der Waals surface area (Å²) >= 11 is 0. The molecule has 2 amide bonds. The average molecular weight is 273 g/mol. The molecule has 2 aromatic rings. The Morgan fingerprint density at radius 2 is 2.05 bits per heavy atom. The largest absolute Gasteiger partial charge is 0.331 e. The summed E-state index contributed by atoms with van der Waals surface area (Å²) in [5.74, 6) is 0. The SMILES string of the molecule is Cc1ccc([C@H](C)NC(=O)Nc2cnn(C)c2C)cn1. The van der Waals surface area contributed by atoms with Crippen LogP contribution in [0.15, 0.2) is 24.5 Å². The Balaban J connectivity index is 1.97. The van der Waals surface area contributed by atoms with Crippen LogP contribution in [0.2, 0.25) is 0 Å².